The summed E-state index contributed by atoms with van der Waals surface area (Å²) in [7, 11) is 0. The first-order valence-electron chi connectivity index (χ1n) is 7.14. The second kappa shape index (κ2) is 6.35. The lowest BCUT2D eigenvalue weighted by Gasteiger charge is -2.17. The summed E-state index contributed by atoms with van der Waals surface area (Å²) in [5.74, 6) is 0.574. The van der Waals surface area contributed by atoms with Gasteiger partial charge in [0.05, 0.1) is 18.8 Å². The third-order valence-electron chi connectivity index (χ3n) is 3.84. The van der Waals surface area contributed by atoms with Crippen molar-refractivity contribution in [1.29, 1.82) is 0 Å². The highest BCUT2D eigenvalue weighted by molar-refractivity contribution is 5.26. The number of hydrogen-bond donors (Lipinski definition) is 1. The molecule has 2 N–H and O–H groups in total. The third kappa shape index (κ3) is 3.56. The van der Waals surface area contributed by atoms with Gasteiger partial charge in [0.15, 0.2) is 0 Å². The summed E-state index contributed by atoms with van der Waals surface area (Å²) in [4.78, 5) is 0. The molecule has 0 aliphatic heterocycles. The van der Waals surface area contributed by atoms with Gasteiger partial charge in [0.1, 0.15) is 0 Å². The standard InChI is InChI=1S/C16H25NO/c1-12(2)13-7-9-14(10-8-13)16(17)11-18-15-5-3-4-6-15/h7-10,12,15-16H,3-6,11,17H2,1-2H3. The van der Waals surface area contributed by atoms with Crippen molar-refractivity contribution in [2.24, 2.45) is 5.73 Å². The molecule has 1 aliphatic rings. The lowest BCUT2D eigenvalue weighted by molar-refractivity contribution is 0.0489. The van der Waals surface area contributed by atoms with E-state index in [1.54, 1.807) is 0 Å². The predicted molar refractivity (Wildman–Crippen MR) is 75.7 cm³/mol. The van der Waals surface area contributed by atoms with E-state index in [9.17, 15) is 0 Å². The fourth-order valence-corrected chi connectivity index (χ4v) is 2.52. The zero-order valence-corrected chi connectivity index (χ0v) is 11.6. The molecule has 1 aromatic carbocycles. The van der Waals surface area contributed by atoms with E-state index in [0.29, 0.717) is 18.6 Å². The molecule has 1 saturated carbocycles. The van der Waals surface area contributed by atoms with Gasteiger partial charge < -0.3 is 10.5 Å². The van der Waals surface area contributed by atoms with E-state index in [2.05, 4.69) is 38.1 Å². The molecular formula is C16H25NO. The minimum Gasteiger partial charge on any atom is -0.376 e. The highest BCUT2D eigenvalue weighted by Gasteiger charge is 2.17. The largest absolute Gasteiger partial charge is 0.376 e. The maximum Gasteiger partial charge on any atom is 0.0663 e. The van der Waals surface area contributed by atoms with Gasteiger partial charge in [-0.3, -0.25) is 0 Å². The van der Waals surface area contributed by atoms with Crippen LogP contribution in [0.5, 0.6) is 0 Å². The molecule has 0 radical (unpaired) electrons. The van der Waals surface area contributed by atoms with Crippen molar-refractivity contribution < 1.29 is 4.74 Å². The summed E-state index contributed by atoms with van der Waals surface area (Å²) in [5.41, 5.74) is 8.72. The van der Waals surface area contributed by atoms with E-state index in [4.69, 9.17) is 10.5 Å². The monoisotopic (exact) mass is 247 g/mol. The van der Waals surface area contributed by atoms with Crippen LogP contribution in [0.4, 0.5) is 0 Å². The molecule has 0 spiro atoms. The third-order valence-corrected chi connectivity index (χ3v) is 3.84. The van der Waals surface area contributed by atoms with Crippen molar-refractivity contribution in [3.8, 4) is 0 Å². The van der Waals surface area contributed by atoms with E-state index < -0.39 is 0 Å². The van der Waals surface area contributed by atoms with Gasteiger partial charge in [0, 0.05) is 0 Å². The summed E-state index contributed by atoms with van der Waals surface area (Å²) in [6.45, 7) is 5.06. The highest BCUT2D eigenvalue weighted by atomic mass is 16.5. The van der Waals surface area contributed by atoms with Crippen LogP contribution in [0.3, 0.4) is 0 Å². The average Bonchev–Trinajstić information content (AvgIpc) is 2.89. The van der Waals surface area contributed by atoms with Crippen LogP contribution < -0.4 is 5.73 Å². The fourth-order valence-electron chi connectivity index (χ4n) is 2.52. The van der Waals surface area contributed by atoms with Gasteiger partial charge in [-0.15, -0.1) is 0 Å². The molecule has 1 fully saturated rings. The van der Waals surface area contributed by atoms with Gasteiger partial charge in [0.25, 0.3) is 0 Å². The molecule has 1 atom stereocenters. The molecule has 100 valence electrons. The Hall–Kier alpha value is -0.860. The van der Waals surface area contributed by atoms with Gasteiger partial charge in [-0.25, -0.2) is 0 Å². The van der Waals surface area contributed by atoms with Crippen LogP contribution in [-0.4, -0.2) is 12.7 Å². The van der Waals surface area contributed by atoms with Gasteiger partial charge in [-0.05, 0) is 29.9 Å². The number of rotatable bonds is 5. The average molecular weight is 247 g/mol. The van der Waals surface area contributed by atoms with Crippen molar-refractivity contribution in [2.75, 3.05) is 6.61 Å². The summed E-state index contributed by atoms with van der Waals surface area (Å²) >= 11 is 0. The number of hydrogen-bond acceptors (Lipinski definition) is 2. The fraction of sp³-hybridized carbons (Fsp3) is 0.625. The molecule has 2 nitrogen and oxygen atoms in total. The number of benzene rings is 1. The lowest BCUT2D eigenvalue weighted by Crippen LogP contribution is -2.20. The minimum absolute atomic E-state index is 0.00631. The van der Waals surface area contributed by atoms with E-state index in [-0.39, 0.29) is 6.04 Å². The Morgan fingerprint density at radius 1 is 1.11 bits per heavy atom. The van der Waals surface area contributed by atoms with Crippen molar-refractivity contribution in [3.05, 3.63) is 35.4 Å². The predicted octanol–water partition coefficient (Wildman–Crippen LogP) is 3.77. The molecule has 1 aliphatic carbocycles. The van der Waals surface area contributed by atoms with E-state index in [1.165, 1.54) is 36.8 Å². The van der Waals surface area contributed by atoms with Crippen molar-refractivity contribution >= 4 is 0 Å². The van der Waals surface area contributed by atoms with E-state index >= 15 is 0 Å². The molecule has 1 unspecified atom stereocenters. The first-order chi connectivity index (χ1) is 8.66. The molecule has 2 heteroatoms. The zero-order valence-electron chi connectivity index (χ0n) is 11.6. The SMILES string of the molecule is CC(C)c1ccc(C(N)COC2CCCC2)cc1. The van der Waals surface area contributed by atoms with Crippen LogP contribution in [0.1, 0.15) is 62.6 Å². The summed E-state index contributed by atoms with van der Waals surface area (Å²) < 4.78 is 5.87. The highest BCUT2D eigenvalue weighted by Crippen LogP contribution is 2.23. The molecule has 0 bridgehead atoms. The summed E-state index contributed by atoms with van der Waals surface area (Å²) in [5, 5.41) is 0. The van der Waals surface area contributed by atoms with Crippen LogP contribution in [-0.2, 0) is 4.74 Å². The molecule has 18 heavy (non-hydrogen) atoms. The van der Waals surface area contributed by atoms with Crippen molar-refractivity contribution in [2.45, 2.75) is 57.6 Å². The first kappa shape index (κ1) is 13.6. The molecule has 0 amide bonds. The zero-order chi connectivity index (χ0) is 13.0. The second-order valence-corrected chi connectivity index (χ2v) is 5.67. The van der Waals surface area contributed by atoms with Crippen molar-refractivity contribution in [1.82, 2.24) is 0 Å². The lowest BCUT2D eigenvalue weighted by atomic mass is 9.99. The van der Waals surface area contributed by atoms with Gasteiger partial charge in [0.2, 0.25) is 0 Å². The van der Waals surface area contributed by atoms with Crippen LogP contribution in [0.15, 0.2) is 24.3 Å². The van der Waals surface area contributed by atoms with E-state index in [1.807, 2.05) is 0 Å². The molecule has 1 aromatic rings. The second-order valence-electron chi connectivity index (χ2n) is 5.67. The smallest absolute Gasteiger partial charge is 0.0663 e. The van der Waals surface area contributed by atoms with Crippen LogP contribution >= 0.6 is 0 Å². The Morgan fingerprint density at radius 2 is 1.67 bits per heavy atom. The molecule has 2 rings (SSSR count). The maximum atomic E-state index is 6.17. The van der Waals surface area contributed by atoms with Gasteiger partial charge in [-0.2, -0.15) is 0 Å². The normalized spacial score (nSPS) is 18.4. The molecule has 0 aromatic heterocycles. The Balaban J connectivity index is 1.85. The Labute approximate surface area is 111 Å². The Bertz CT molecular complexity index is 352. The minimum atomic E-state index is 0.00631. The molecule has 0 heterocycles. The summed E-state index contributed by atoms with van der Waals surface area (Å²) in [6, 6.07) is 8.63. The number of nitrogens with two attached hydrogens (primary N) is 1. The molecule has 0 saturated heterocycles. The van der Waals surface area contributed by atoms with Crippen LogP contribution in [0.25, 0.3) is 0 Å². The molecular weight excluding hydrogens is 222 g/mol. The van der Waals surface area contributed by atoms with Crippen LogP contribution in [0.2, 0.25) is 0 Å². The van der Waals surface area contributed by atoms with E-state index in [0.717, 1.165) is 0 Å². The first-order valence-corrected chi connectivity index (χ1v) is 7.14. The van der Waals surface area contributed by atoms with Crippen molar-refractivity contribution in [3.63, 3.8) is 0 Å². The van der Waals surface area contributed by atoms with Gasteiger partial charge in [-0.1, -0.05) is 51.0 Å². The Morgan fingerprint density at radius 3 is 2.22 bits per heavy atom. The number of ether oxygens (including phenoxy) is 1. The quantitative estimate of drug-likeness (QED) is 0.859. The van der Waals surface area contributed by atoms with Gasteiger partial charge >= 0.3 is 0 Å². The topological polar surface area (TPSA) is 35.2 Å². The summed E-state index contributed by atoms with van der Waals surface area (Å²) in [6.07, 6.45) is 5.48. The maximum absolute atomic E-state index is 6.17. The van der Waals surface area contributed by atoms with Crippen LogP contribution in [0, 0.1) is 0 Å². The Kier molecular flexibility index (Phi) is 4.79.